The monoisotopic (exact) mass is 283 g/mol. The largest absolute Gasteiger partial charge is 0.351 e. The second-order valence-corrected chi connectivity index (χ2v) is 7.25. The summed E-state index contributed by atoms with van der Waals surface area (Å²) in [6, 6.07) is 0.195. The molecule has 1 saturated carbocycles. The van der Waals surface area contributed by atoms with Crippen molar-refractivity contribution in [2.45, 2.75) is 52.5 Å². The molecule has 0 radical (unpaired) electrons. The third-order valence-corrected chi connectivity index (χ3v) is 4.79. The molecule has 1 fully saturated rings. The topological polar surface area (TPSA) is 58.4 Å². The van der Waals surface area contributed by atoms with Crippen LogP contribution in [0.4, 0.5) is 0 Å². The molecular formula is C16H33N3O. The van der Waals surface area contributed by atoms with Gasteiger partial charge in [-0.2, -0.15) is 0 Å². The number of carbonyl (C=O) groups excluding carboxylic acids is 1. The Labute approximate surface area is 124 Å². The molecule has 3 N–H and O–H groups in total. The molecule has 20 heavy (non-hydrogen) atoms. The molecular weight excluding hydrogens is 250 g/mol. The highest BCUT2D eigenvalue weighted by Gasteiger charge is 2.40. The highest BCUT2D eigenvalue weighted by atomic mass is 16.2. The number of carbonyl (C=O) groups is 1. The lowest BCUT2D eigenvalue weighted by molar-refractivity contribution is -0.134. The first kappa shape index (κ1) is 17.4. The van der Waals surface area contributed by atoms with Crippen LogP contribution in [-0.4, -0.2) is 44.0 Å². The maximum absolute atomic E-state index is 12.7. The number of likely N-dealkylation sites (N-methyl/N-ethyl adjacent to an activating group) is 1. The highest BCUT2D eigenvalue weighted by Crippen LogP contribution is 2.38. The van der Waals surface area contributed by atoms with Gasteiger partial charge in [0.05, 0.1) is 5.41 Å². The molecule has 1 aliphatic carbocycles. The van der Waals surface area contributed by atoms with E-state index in [2.05, 4.69) is 31.0 Å². The van der Waals surface area contributed by atoms with Crippen molar-refractivity contribution in [2.75, 3.05) is 27.2 Å². The molecule has 1 rings (SSSR count). The van der Waals surface area contributed by atoms with E-state index in [9.17, 15) is 4.79 Å². The summed E-state index contributed by atoms with van der Waals surface area (Å²) in [5.74, 6) is 1.33. The molecule has 0 aromatic rings. The lowest BCUT2D eigenvalue weighted by atomic mass is 9.70. The molecule has 1 amide bonds. The molecule has 0 bridgehead atoms. The minimum atomic E-state index is -0.327. The Morgan fingerprint density at radius 1 is 1.35 bits per heavy atom. The van der Waals surface area contributed by atoms with Gasteiger partial charge < -0.3 is 16.0 Å². The summed E-state index contributed by atoms with van der Waals surface area (Å²) in [6.45, 7) is 7.93. The van der Waals surface area contributed by atoms with Gasteiger partial charge in [0.2, 0.25) is 5.91 Å². The molecule has 1 unspecified atom stereocenters. The standard InChI is InChI=1S/C16H33N3O/c1-12(2)14(10-19(4)5)18-15(20)16(11-17)8-6-13(3)7-9-16/h12-14H,6-11,17H2,1-5H3,(H,18,20). The number of nitrogens with zero attached hydrogens (tertiary/aromatic N) is 1. The van der Waals surface area contributed by atoms with Crippen LogP contribution in [0.3, 0.4) is 0 Å². The second kappa shape index (κ2) is 7.41. The number of nitrogens with two attached hydrogens (primary N) is 1. The minimum absolute atomic E-state index is 0.174. The van der Waals surface area contributed by atoms with Gasteiger partial charge in [0, 0.05) is 19.1 Å². The van der Waals surface area contributed by atoms with Crippen LogP contribution in [-0.2, 0) is 4.79 Å². The van der Waals surface area contributed by atoms with Gasteiger partial charge in [0.25, 0.3) is 0 Å². The Bertz CT molecular complexity index is 307. The van der Waals surface area contributed by atoms with E-state index in [0.717, 1.165) is 38.1 Å². The van der Waals surface area contributed by atoms with Crippen molar-refractivity contribution < 1.29 is 4.79 Å². The molecule has 4 nitrogen and oxygen atoms in total. The van der Waals surface area contributed by atoms with Crippen LogP contribution in [0.15, 0.2) is 0 Å². The van der Waals surface area contributed by atoms with Crippen LogP contribution in [0, 0.1) is 17.3 Å². The molecule has 0 spiro atoms. The van der Waals surface area contributed by atoms with Gasteiger partial charge in [-0.3, -0.25) is 4.79 Å². The summed E-state index contributed by atoms with van der Waals surface area (Å²) < 4.78 is 0. The Hall–Kier alpha value is -0.610. The molecule has 4 heteroatoms. The van der Waals surface area contributed by atoms with Gasteiger partial charge in [0.15, 0.2) is 0 Å². The maximum atomic E-state index is 12.7. The Morgan fingerprint density at radius 2 is 1.90 bits per heavy atom. The van der Waals surface area contributed by atoms with Crippen molar-refractivity contribution in [3.05, 3.63) is 0 Å². The van der Waals surface area contributed by atoms with Gasteiger partial charge in [-0.15, -0.1) is 0 Å². The molecule has 0 aliphatic heterocycles. The van der Waals surface area contributed by atoms with Crippen LogP contribution >= 0.6 is 0 Å². The predicted molar refractivity (Wildman–Crippen MR) is 84.4 cm³/mol. The molecule has 0 aromatic heterocycles. The Balaban J connectivity index is 2.70. The zero-order valence-electron chi connectivity index (χ0n) is 13.9. The summed E-state index contributed by atoms with van der Waals surface area (Å²) in [4.78, 5) is 14.9. The molecule has 0 aromatic carbocycles. The van der Waals surface area contributed by atoms with Gasteiger partial charge in [0.1, 0.15) is 0 Å². The average molecular weight is 283 g/mol. The third-order valence-electron chi connectivity index (χ3n) is 4.79. The number of hydrogen-bond acceptors (Lipinski definition) is 3. The van der Waals surface area contributed by atoms with E-state index in [1.807, 2.05) is 14.1 Å². The fourth-order valence-electron chi connectivity index (χ4n) is 2.98. The van der Waals surface area contributed by atoms with Crippen molar-refractivity contribution in [3.8, 4) is 0 Å². The Kier molecular flexibility index (Phi) is 6.46. The second-order valence-electron chi connectivity index (χ2n) is 7.25. The first-order valence-electron chi connectivity index (χ1n) is 7.96. The van der Waals surface area contributed by atoms with E-state index < -0.39 is 0 Å². The quantitative estimate of drug-likeness (QED) is 0.782. The fraction of sp³-hybridized carbons (Fsp3) is 0.938. The lowest BCUT2D eigenvalue weighted by Crippen LogP contribution is -2.54. The smallest absolute Gasteiger partial charge is 0.227 e. The van der Waals surface area contributed by atoms with Crippen molar-refractivity contribution in [1.82, 2.24) is 10.2 Å². The van der Waals surface area contributed by atoms with E-state index in [1.54, 1.807) is 0 Å². The minimum Gasteiger partial charge on any atom is -0.351 e. The lowest BCUT2D eigenvalue weighted by Gasteiger charge is -2.39. The van der Waals surface area contributed by atoms with Crippen LogP contribution in [0.1, 0.15) is 46.5 Å². The van der Waals surface area contributed by atoms with E-state index in [0.29, 0.717) is 12.5 Å². The van der Waals surface area contributed by atoms with Crippen molar-refractivity contribution in [1.29, 1.82) is 0 Å². The predicted octanol–water partition coefficient (Wildman–Crippen LogP) is 1.84. The fourth-order valence-corrected chi connectivity index (χ4v) is 2.98. The number of rotatable bonds is 6. The van der Waals surface area contributed by atoms with Crippen LogP contribution in [0.25, 0.3) is 0 Å². The molecule has 1 aliphatic rings. The maximum Gasteiger partial charge on any atom is 0.227 e. The van der Waals surface area contributed by atoms with E-state index >= 15 is 0 Å². The van der Waals surface area contributed by atoms with Gasteiger partial charge in [-0.1, -0.05) is 20.8 Å². The van der Waals surface area contributed by atoms with Gasteiger partial charge >= 0.3 is 0 Å². The third kappa shape index (κ3) is 4.45. The summed E-state index contributed by atoms with van der Waals surface area (Å²) in [5, 5.41) is 3.26. The van der Waals surface area contributed by atoms with Crippen molar-refractivity contribution in [2.24, 2.45) is 23.0 Å². The van der Waals surface area contributed by atoms with E-state index in [4.69, 9.17) is 5.73 Å². The number of amides is 1. The van der Waals surface area contributed by atoms with Crippen LogP contribution in [0.5, 0.6) is 0 Å². The van der Waals surface area contributed by atoms with Crippen molar-refractivity contribution in [3.63, 3.8) is 0 Å². The van der Waals surface area contributed by atoms with Crippen molar-refractivity contribution >= 4 is 5.91 Å². The van der Waals surface area contributed by atoms with Gasteiger partial charge in [-0.25, -0.2) is 0 Å². The van der Waals surface area contributed by atoms with E-state index in [1.165, 1.54) is 0 Å². The van der Waals surface area contributed by atoms with Gasteiger partial charge in [-0.05, 0) is 51.6 Å². The normalized spacial score (nSPS) is 28.7. The average Bonchev–Trinajstić information content (AvgIpc) is 2.38. The van der Waals surface area contributed by atoms with Crippen LogP contribution < -0.4 is 11.1 Å². The number of nitrogens with one attached hydrogen (secondary N) is 1. The zero-order chi connectivity index (χ0) is 15.3. The SMILES string of the molecule is CC1CCC(CN)(C(=O)NC(CN(C)C)C(C)C)CC1. The summed E-state index contributed by atoms with van der Waals surface area (Å²) in [5.41, 5.74) is 5.64. The highest BCUT2D eigenvalue weighted by molar-refractivity contribution is 5.83. The summed E-state index contributed by atoms with van der Waals surface area (Å²) in [6.07, 6.45) is 4.10. The first-order valence-corrected chi connectivity index (χ1v) is 7.96. The zero-order valence-corrected chi connectivity index (χ0v) is 13.9. The van der Waals surface area contributed by atoms with E-state index in [-0.39, 0.29) is 17.4 Å². The molecule has 1 atom stereocenters. The Morgan fingerprint density at radius 3 is 2.30 bits per heavy atom. The summed E-state index contributed by atoms with van der Waals surface area (Å²) >= 11 is 0. The number of hydrogen-bond donors (Lipinski definition) is 2. The summed E-state index contributed by atoms with van der Waals surface area (Å²) in [7, 11) is 4.09. The molecule has 0 heterocycles. The first-order chi connectivity index (χ1) is 9.30. The molecule has 118 valence electrons. The van der Waals surface area contributed by atoms with Crippen LogP contribution in [0.2, 0.25) is 0 Å². The molecule has 0 saturated heterocycles.